The smallest absolute Gasteiger partial charge is 0.242 e. The molecule has 2 unspecified atom stereocenters. The molecule has 0 aromatic heterocycles. The average Bonchev–Trinajstić information content (AvgIpc) is 2.46. The number of aliphatic hydroxyl groups is 1. The Balaban J connectivity index is 2.43. The van der Waals surface area contributed by atoms with Crippen LogP contribution in [0.1, 0.15) is 72.6 Å². The second-order valence-electron chi connectivity index (χ2n) is 7.94. The van der Waals surface area contributed by atoms with E-state index < -0.39 is 6.04 Å². The minimum Gasteiger partial charge on any atom is -0.396 e. The highest BCUT2D eigenvalue weighted by Gasteiger charge is 2.28. The van der Waals surface area contributed by atoms with Crippen LogP contribution in [-0.4, -0.2) is 35.6 Å². The maximum atomic E-state index is 12.3. The molecule has 3 N–H and O–H groups in total. The quantitative estimate of drug-likeness (QED) is 0.672. The van der Waals surface area contributed by atoms with Crippen molar-refractivity contribution in [3.8, 4) is 0 Å². The minimum atomic E-state index is -0.547. The second-order valence-corrected chi connectivity index (χ2v) is 7.94. The summed E-state index contributed by atoms with van der Waals surface area (Å²) in [5.41, 5.74) is -0.135. The van der Waals surface area contributed by atoms with Crippen LogP contribution in [0.3, 0.4) is 0 Å². The summed E-state index contributed by atoms with van der Waals surface area (Å²) >= 11 is 0. The van der Waals surface area contributed by atoms with Crippen molar-refractivity contribution in [3.05, 3.63) is 0 Å². The summed E-state index contributed by atoms with van der Waals surface area (Å²) in [4.78, 5) is 24.4. The Morgan fingerprint density at radius 3 is 2.26 bits per heavy atom. The van der Waals surface area contributed by atoms with Gasteiger partial charge in [-0.2, -0.15) is 0 Å². The number of rotatable bonds is 7. The monoisotopic (exact) mass is 326 g/mol. The lowest BCUT2D eigenvalue weighted by molar-refractivity contribution is -0.130. The molecule has 0 aliphatic heterocycles. The predicted octanol–water partition coefficient (Wildman–Crippen LogP) is 2.37. The Morgan fingerprint density at radius 2 is 1.74 bits per heavy atom. The summed E-state index contributed by atoms with van der Waals surface area (Å²) in [6.45, 7) is 7.83. The van der Waals surface area contributed by atoms with E-state index in [-0.39, 0.29) is 29.9 Å². The molecule has 1 aliphatic rings. The van der Waals surface area contributed by atoms with E-state index in [0.29, 0.717) is 18.8 Å². The van der Waals surface area contributed by atoms with Crippen molar-refractivity contribution in [3.63, 3.8) is 0 Å². The van der Waals surface area contributed by atoms with Crippen molar-refractivity contribution < 1.29 is 14.7 Å². The van der Waals surface area contributed by atoms with Gasteiger partial charge in [0.05, 0.1) is 0 Å². The SMILES string of the molecule is CC(NC(=O)CC1CCCCC1)C(=O)NC(CCO)C(C)(C)C. The summed E-state index contributed by atoms with van der Waals surface area (Å²) in [6.07, 6.45) is 6.98. The minimum absolute atomic E-state index is 0.0324. The molecule has 0 saturated heterocycles. The Kier molecular flexibility index (Phi) is 8.03. The van der Waals surface area contributed by atoms with E-state index in [2.05, 4.69) is 10.6 Å². The summed E-state index contributed by atoms with van der Waals surface area (Å²) in [6, 6.07) is -0.660. The number of aliphatic hydroxyl groups excluding tert-OH is 1. The summed E-state index contributed by atoms with van der Waals surface area (Å²) in [7, 11) is 0. The van der Waals surface area contributed by atoms with Crippen molar-refractivity contribution in [1.82, 2.24) is 10.6 Å². The highest BCUT2D eigenvalue weighted by atomic mass is 16.3. The highest BCUT2D eigenvalue weighted by molar-refractivity contribution is 5.87. The molecule has 1 fully saturated rings. The molecule has 1 saturated carbocycles. The molecule has 5 nitrogen and oxygen atoms in total. The zero-order valence-corrected chi connectivity index (χ0v) is 15.2. The Labute approximate surface area is 140 Å². The number of amides is 2. The van der Waals surface area contributed by atoms with Gasteiger partial charge >= 0.3 is 0 Å². The van der Waals surface area contributed by atoms with Gasteiger partial charge in [0.25, 0.3) is 0 Å². The second kappa shape index (κ2) is 9.26. The van der Waals surface area contributed by atoms with Gasteiger partial charge in [0.2, 0.25) is 11.8 Å². The van der Waals surface area contributed by atoms with Gasteiger partial charge in [-0.15, -0.1) is 0 Å². The molecular formula is C18H34N2O3. The molecule has 0 aromatic rings. The van der Waals surface area contributed by atoms with Crippen LogP contribution in [0.15, 0.2) is 0 Å². The number of nitrogens with one attached hydrogen (secondary N) is 2. The van der Waals surface area contributed by atoms with Crippen molar-refractivity contribution in [2.75, 3.05) is 6.61 Å². The number of hydrogen-bond acceptors (Lipinski definition) is 3. The third kappa shape index (κ3) is 7.34. The third-order valence-electron chi connectivity index (χ3n) is 4.75. The standard InChI is InChI=1S/C18H34N2O3/c1-13(17(23)20-15(10-11-21)18(2,3)4)19-16(22)12-14-8-6-5-7-9-14/h13-15,21H,5-12H2,1-4H3,(H,19,22)(H,20,23). The molecule has 0 aromatic carbocycles. The van der Waals surface area contributed by atoms with Gasteiger partial charge in [0.15, 0.2) is 0 Å². The van der Waals surface area contributed by atoms with Crippen LogP contribution in [0.25, 0.3) is 0 Å². The first-order valence-corrected chi connectivity index (χ1v) is 8.94. The van der Waals surface area contributed by atoms with Gasteiger partial charge in [-0.3, -0.25) is 9.59 Å². The summed E-state index contributed by atoms with van der Waals surface area (Å²) in [5.74, 6) is 0.250. The molecule has 134 valence electrons. The van der Waals surface area contributed by atoms with Crippen LogP contribution in [-0.2, 0) is 9.59 Å². The van der Waals surface area contributed by atoms with Gasteiger partial charge in [-0.1, -0.05) is 40.0 Å². The molecule has 0 heterocycles. The van der Waals surface area contributed by atoms with Crippen LogP contribution < -0.4 is 10.6 Å². The van der Waals surface area contributed by atoms with Gasteiger partial charge < -0.3 is 15.7 Å². The van der Waals surface area contributed by atoms with Crippen LogP contribution in [0.5, 0.6) is 0 Å². The Morgan fingerprint density at radius 1 is 1.13 bits per heavy atom. The maximum Gasteiger partial charge on any atom is 0.242 e. The summed E-state index contributed by atoms with van der Waals surface area (Å²) in [5, 5.41) is 14.9. The van der Waals surface area contributed by atoms with E-state index in [0.717, 1.165) is 12.8 Å². The van der Waals surface area contributed by atoms with Crippen molar-refractivity contribution >= 4 is 11.8 Å². The number of hydrogen-bond donors (Lipinski definition) is 3. The van der Waals surface area contributed by atoms with Crippen LogP contribution in [0.2, 0.25) is 0 Å². The van der Waals surface area contributed by atoms with Crippen molar-refractivity contribution in [1.29, 1.82) is 0 Å². The lowest BCUT2D eigenvalue weighted by atomic mass is 9.84. The molecule has 0 spiro atoms. The Bertz CT molecular complexity index is 384. The lowest BCUT2D eigenvalue weighted by Gasteiger charge is -2.32. The largest absolute Gasteiger partial charge is 0.396 e. The van der Waals surface area contributed by atoms with E-state index in [4.69, 9.17) is 5.11 Å². The predicted molar refractivity (Wildman–Crippen MR) is 91.9 cm³/mol. The van der Waals surface area contributed by atoms with E-state index in [1.54, 1.807) is 6.92 Å². The fourth-order valence-corrected chi connectivity index (χ4v) is 3.17. The van der Waals surface area contributed by atoms with Crippen molar-refractivity contribution in [2.24, 2.45) is 11.3 Å². The number of carbonyl (C=O) groups is 2. The molecule has 5 heteroatoms. The zero-order valence-electron chi connectivity index (χ0n) is 15.2. The fourth-order valence-electron chi connectivity index (χ4n) is 3.17. The van der Waals surface area contributed by atoms with Gasteiger partial charge in [0, 0.05) is 19.1 Å². The molecular weight excluding hydrogens is 292 g/mol. The molecule has 2 amide bonds. The molecule has 0 bridgehead atoms. The normalized spacial score (nSPS) is 19.0. The maximum absolute atomic E-state index is 12.3. The van der Waals surface area contributed by atoms with Crippen LogP contribution >= 0.6 is 0 Å². The fraction of sp³-hybridized carbons (Fsp3) is 0.889. The van der Waals surface area contributed by atoms with Crippen LogP contribution in [0.4, 0.5) is 0 Å². The lowest BCUT2D eigenvalue weighted by Crippen LogP contribution is -2.52. The highest BCUT2D eigenvalue weighted by Crippen LogP contribution is 2.26. The first-order chi connectivity index (χ1) is 10.7. The number of carbonyl (C=O) groups excluding carboxylic acids is 2. The molecule has 2 atom stereocenters. The van der Waals surface area contributed by atoms with Gasteiger partial charge in [-0.25, -0.2) is 0 Å². The Hall–Kier alpha value is -1.10. The molecule has 23 heavy (non-hydrogen) atoms. The summed E-state index contributed by atoms with van der Waals surface area (Å²) < 4.78 is 0. The van der Waals surface area contributed by atoms with Crippen molar-refractivity contribution in [2.45, 2.75) is 84.7 Å². The van der Waals surface area contributed by atoms with Crippen LogP contribution in [0, 0.1) is 11.3 Å². The zero-order chi connectivity index (χ0) is 17.5. The topological polar surface area (TPSA) is 78.4 Å². The van der Waals surface area contributed by atoms with Gasteiger partial charge in [0.1, 0.15) is 6.04 Å². The van der Waals surface area contributed by atoms with E-state index in [1.165, 1.54) is 19.3 Å². The average molecular weight is 326 g/mol. The van der Waals surface area contributed by atoms with E-state index >= 15 is 0 Å². The van der Waals surface area contributed by atoms with E-state index in [1.807, 2.05) is 20.8 Å². The van der Waals surface area contributed by atoms with E-state index in [9.17, 15) is 9.59 Å². The first kappa shape index (κ1) is 19.9. The molecule has 1 rings (SSSR count). The molecule has 0 radical (unpaired) electrons. The van der Waals surface area contributed by atoms with Gasteiger partial charge in [-0.05, 0) is 37.5 Å². The third-order valence-corrected chi connectivity index (χ3v) is 4.75. The molecule has 1 aliphatic carbocycles. The first-order valence-electron chi connectivity index (χ1n) is 8.94.